The van der Waals surface area contributed by atoms with Crippen LogP contribution in [0.5, 0.6) is 11.5 Å². The summed E-state index contributed by atoms with van der Waals surface area (Å²) in [5.74, 6) is 0.0344. The van der Waals surface area contributed by atoms with Gasteiger partial charge in [0.2, 0.25) is 0 Å². The van der Waals surface area contributed by atoms with Crippen molar-refractivity contribution in [1.82, 2.24) is 0 Å². The molecule has 2 nitrogen and oxygen atoms in total. The lowest BCUT2D eigenvalue weighted by atomic mass is 9.84. The zero-order valence-electron chi connectivity index (χ0n) is 9.36. The van der Waals surface area contributed by atoms with Gasteiger partial charge in [-0.05, 0) is 33.0 Å². The van der Waals surface area contributed by atoms with E-state index < -0.39 is 0 Å². The summed E-state index contributed by atoms with van der Waals surface area (Å²) in [7, 11) is 0. The third-order valence-electron chi connectivity index (χ3n) is 4.15. The van der Waals surface area contributed by atoms with Crippen molar-refractivity contribution in [3.63, 3.8) is 0 Å². The Morgan fingerprint density at radius 1 is 0.611 bits per heavy atom. The average Bonchev–Trinajstić information content (AvgIpc) is 2.42. The first kappa shape index (κ1) is 8.59. The maximum Gasteiger partial charge on any atom is 0.166 e. The van der Waals surface area contributed by atoms with Crippen LogP contribution in [0.1, 0.15) is 0 Å². The fraction of sp³-hybridized carbons (Fsp3) is 0. The first-order valence-corrected chi connectivity index (χ1v) is 5.93. The molecule has 0 amide bonds. The zero-order valence-corrected chi connectivity index (χ0v) is 9.36. The standard InChI is InChI=1S/C16H8O2/c17-15-11-6-10-8-3-1-2-7-4-5-9(13(11)12(7)8)14(10)16(15)18/h1-6,17-18H. The van der Waals surface area contributed by atoms with Crippen LogP contribution in [0.2, 0.25) is 0 Å². The molecule has 0 atom stereocenters. The Morgan fingerprint density at radius 3 is 2.39 bits per heavy atom. The summed E-state index contributed by atoms with van der Waals surface area (Å²) in [6, 6.07) is 12.3. The Balaban J connectivity index is 2.40. The molecule has 0 aliphatic heterocycles. The van der Waals surface area contributed by atoms with E-state index in [1.54, 1.807) is 0 Å². The van der Waals surface area contributed by atoms with E-state index in [0.717, 1.165) is 32.3 Å². The van der Waals surface area contributed by atoms with E-state index >= 15 is 0 Å². The van der Waals surface area contributed by atoms with Crippen LogP contribution in [0.3, 0.4) is 0 Å². The number of aromatic hydroxyl groups is 2. The van der Waals surface area contributed by atoms with Gasteiger partial charge in [-0.15, -0.1) is 0 Å². The van der Waals surface area contributed by atoms with Crippen molar-refractivity contribution < 1.29 is 10.2 Å². The van der Waals surface area contributed by atoms with E-state index in [1.165, 1.54) is 10.8 Å². The summed E-state index contributed by atoms with van der Waals surface area (Å²) in [4.78, 5) is 0. The van der Waals surface area contributed by atoms with Gasteiger partial charge < -0.3 is 10.2 Å². The van der Waals surface area contributed by atoms with E-state index in [1.807, 2.05) is 18.2 Å². The molecule has 2 heteroatoms. The Labute approximate surface area is 102 Å². The summed E-state index contributed by atoms with van der Waals surface area (Å²) >= 11 is 0. The molecule has 7 aromatic rings. The fourth-order valence-corrected chi connectivity index (χ4v) is 3.43. The molecule has 0 spiro atoms. The summed E-state index contributed by atoms with van der Waals surface area (Å²) < 4.78 is 0. The van der Waals surface area contributed by atoms with Crippen LogP contribution in [0, 0.1) is 0 Å². The second-order valence-corrected chi connectivity index (χ2v) is 4.94. The lowest BCUT2D eigenvalue weighted by Crippen LogP contribution is -1.92. The third kappa shape index (κ3) is 0.663. The summed E-state index contributed by atoms with van der Waals surface area (Å²) in [6.45, 7) is 0. The maximum absolute atomic E-state index is 10.1. The van der Waals surface area contributed by atoms with Crippen molar-refractivity contribution in [2.24, 2.45) is 0 Å². The number of benzene rings is 7. The van der Waals surface area contributed by atoms with Gasteiger partial charge in [-0.1, -0.05) is 30.3 Å². The molecule has 0 saturated heterocycles. The molecule has 6 bridgehead atoms. The molecule has 7 aromatic carbocycles. The molecule has 2 N–H and O–H groups in total. The number of fused-ring (bicyclic) bond motifs is 1. The minimum atomic E-state index is 0.0169. The molecular formula is C16H8O2. The lowest BCUT2D eigenvalue weighted by Gasteiger charge is -2.21. The van der Waals surface area contributed by atoms with Crippen LogP contribution in [-0.2, 0) is 0 Å². The van der Waals surface area contributed by atoms with Crippen molar-refractivity contribution >= 4 is 43.1 Å². The van der Waals surface area contributed by atoms with E-state index in [-0.39, 0.29) is 11.5 Å². The Bertz CT molecular complexity index is 1030. The van der Waals surface area contributed by atoms with Crippen LogP contribution in [0.15, 0.2) is 36.4 Å². The van der Waals surface area contributed by atoms with Crippen LogP contribution in [-0.4, -0.2) is 10.2 Å². The number of phenolic OH excluding ortho intramolecular Hbond substituents is 2. The summed E-state index contributed by atoms with van der Waals surface area (Å²) in [5.41, 5.74) is 0. The highest BCUT2D eigenvalue weighted by atomic mass is 16.3. The number of phenols is 4. The SMILES string of the molecule is Oc1c(O)c2c3cc1c1c2ccc2cccc3c21. The summed E-state index contributed by atoms with van der Waals surface area (Å²) in [6.07, 6.45) is 0. The Hall–Kier alpha value is -2.48. The normalized spacial score (nSPS) is 12.9. The van der Waals surface area contributed by atoms with E-state index in [4.69, 9.17) is 0 Å². The van der Waals surface area contributed by atoms with Gasteiger partial charge >= 0.3 is 0 Å². The van der Waals surface area contributed by atoms with Crippen molar-refractivity contribution in [1.29, 1.82) is 0 Å². The molecular weight excluding hydrogens is 224 g/mol. The molecule has 84 valence electrons. The second kappa shape index (κ2) is 2.36. The van der Waals surface area contributed by atoms with Crippen LogP contribution < -0.4 is 0 Å². The number of hydrogen-bond acceptors (Lipinski definition) is 2. The van der Waals surface area contributed by atoms with E-state index in [2.05, 4.69) is 18.2 Å². The van der Waals surface area contributed by atoms with Gasteiger partial charge in [0.1, 0.15) is 0 Å². The molecule has 0 aliphatic rings. The maximum atomic E-state index is 10.1. The average molecular weight is 232 g/mol. The Morgan fingerprint density at radius 2 is 1.50 bits per heavy atom. The molecule has 0 saturated carbocycles. The van der Waals surface area contributed by atoms with Crippen molar-refractivity contribution in [2.45, 2.75) is 0 Å². The predicted molar refractivity (Wildman–Crippen MR) is 73.4 cm³/mol. The van der Waals surface area contributed by atoms with Crippen molar-refractivity contribution in [2.75, 3.05) is 0 Å². The predicted octanol–water partition coefficient (Wildman–Crippen LogP) is 4.02. The molecule has 18 heavy (non-hydrogen) atoms. The van der Waals surface area contributed by atoms with Crippen LogP contribution >= 0.6 is 0 Å². The minimum absolute atomic E-state index is 0.0169. The zero-order chi connectivity index (χ0) is 12.0. The fourth-order valence-electron chi connectivity index (χ4n) is 3.43. The third-order valence-corrected chi connectivity index (χ3v) is 4.15. The molecule has 0 aliphatic carbocycles. The second-order valence-electron chi connectivity index (χ2n) is 4.94. The molecule has 0 aromatic heterocycles. The van der Waals surface area contributed by atoms with Gasteiger partial charge in [0.15, 0.2) is 11.5 Å². The molecule has 0 radical (unpaired) electrons. The molecule has 0 fully saturated rings. The highest BCUT2D eigenvalue weighted by molar-refractivity contribution is 6.40. The van der Waals surface area contributed by atoms with Crippen molar-refractivity contribution in [3.05, 3.63) is 36.4 Å². The first-order valence-electron chi connectivity index (χ1n) is 5.93. The highest BCUT2D eigenvalue weighted by Gasteiger charge is 2.24. The van der Waals surface area contributed by atoms with Gasteiger partial charge in [0, 0.05) is 16.2 Å². The van der Waals surface area contributed by atoms with E-state index in [0.29, 0.717) is 0 Å². The number of rotatable bonds is 0. The minimum Gasteiger partial charge on any atom is -0.504 e. The van der Waals surface area contributed by atoms with Gasteiger partial charge in [-0.25, -0.2) is 0 Å². The Kier molecular flexibility index (Phi) is 1.13. The van der Waals surface area contributed by atoms with E-state index in [9.17, 15) is 10.2 Å². The molecule has 7 rings (SSSR count). The van der Waals surface area contributed by atoms with Crippen LogP contribution in [0.4, 0.5) is 0 Å². The van der Waals surface area contributed by atoms with Gasteiger partial charge in [0.05, 0.1) is 0 Å². The number of hydrogen-bond donors (Lipinski definition) is 2. The quantitative estimate of drug-likeness (QED) is 0.312. The summed E-state index contributed by atoms with van der Waals surface area (Å²) in [5, 5.41) is 28.3. The molecule has 0 heterocycles. The topological polar surface area (TPSA) is 40.5 Å². The monoisotopic (exact) mass is 232 g/mol. The van der Waals surface area contributed by atoms with Gasteiger partial charge in [-0.3, -0.25) is 0 Å². The van der Waals surface area contributed by atoms with Gasteiger partial charge in [0.25, 0.3) is 0 Å². The van der Waals surface area contributed by atoms with Crippen LogP contribution in [0.25, 0.3) is 43.1 Å². The smallest absolute Gasteiger partial charge is 0.166 e. The molecule has 0 unspecified atom stereocenters. The largest absolute Gasteiger partial charge is 0.504 e. The van der Waals surface area contributed by atoms with Crippen molar-refractivity contribution in [3.8, 4) is 11.5 Å². The lowest BCUT2D eigenvalue weighted by molar-refractivity contribution is 0.412. The van der Waals surface area contributed by atoms with Gasteiger partial charge in [-0.2, -0.15) is 0 Å². The highest BCUT2D eigenvalue weighted by Crippen LogP contribution is 2.53. The first-order chi connectivity index (χ1) is 8.77.